The molecule has 0 unspecified atom stereocenters. The van der Waals surface area contributed by atoms with Gasteiger partial charge in [-0.3, -0.25) is 0 Å². The second-order valence-electron chi connectivity index (χ2n) is 9.33. The van der Waals surface area contributed by atoms with Crippen molar-refractivity contribution in [1.29, 1.82) is 0 Å². The van der Waals surface area contributed by atoms with Crippen molar-refractivity contribution in [2.24, 2.45) is 4.66 Å². The Balaban J connectivity index is 2.60. The number of nitrogens with zero attached hydrogens (tertiary/aromatic N) is 1. The molecule has 0 aliphatic heterocycles. The Labute approximate surface area is 167 Å². The highest BCUT2D eigenvalue weighted by atomic mass is 28.3. The van der Waals surface area contributed by atoms with Crippen molar-refractivity contribution in [2.75, 3.05) is 0 Å². The summed E-state index contributed by atoms with van der Waals surface area (Å²) in [5.74, 6) is 0. The van der Waals surface area contributed by atoms with E-state index in [0.29, 0.717) is 0 Å². The lowest BCUT2D eigenvalue weighted by molar-refractivity contribution is 1.26. The first-order valence-electron chi connectivity index (χ1n) is 9.67. The van der Waals surface area contributed by atoms with Gasteiger partial charge in [0.2, 0.25) is 0 Å². The zero-order valence-corrected chi connectivity index (χ0v) is 20.1. The van der Waals surface area contributed by atoms with Crippen LogP contribution in [-0.2, 0) is 0 Å². The second kappa shape index (κ2) is 8.40. The summed E-state index contributed by atoms with van der Waals surface area (Å²) in [4.78, 5) is 3.82. The minimum atomic E-state index is -1.63. The van der Waals surface area contributed by atoms with Gasteiger partial charge in [-0.2, -0.15) is 0 Å². The molecule has 0 aliphatic carbocycles. The highest BCUT2D eigenvalue weighted by Crippen LogP contribution is 2.19. The van der Waals surface area contributed by atoms with Crippen molar-refractivity contribution in [3.8, 4) is 0 Å². The van der Waals surface area contributed by atoms with E-state index < -0.39 is 16.5 Å². The molecule has 2 nitrogen and oxygen atoms in total. The summed E-state index contributed by atoms with van der Waals surface area (Å²) in [7, 11) is -3.14. The van der Waals surface area contributed by atoms with Gasteiger partial charge in [0.1, 0.15) is 8.24 Å². The van der Waals surface area contributed by atoms with Crippen molar-refractivity contribution >= 4 is 27.9 Å². The number of hydrogen-bond donors (Lipinski definition) is 1. The second-order valence-corrected chi connectivity index (χ2v) is 18.6. The third-order valence-corrected chi connectivity index (χ3v) is 5.89. The van der Waals surface area contributed by atoms with Gasteiger partial charge in [-0.25, -0.2) is 0 Å². The van der Waals surface area contributed by atoms with E-state index in [1.165, 1.54) is 28.0 Å². The molecule has 27 heavy (non-hydrogen) atoms. The Bertz CT molecular complexity index is 819. The topological polar surface area (TPSA) is 24.4 Å². The van der Waals surface area contributed by atoms with Gasteiger partial charge in [0.05, 0.1) is 5.71 Å². The minimum absolute atomic E-state index is 1.08. The first kappa shape index (κ1) is 21.4. The number of nitrogens with one attached hydrogen (secondary N) is 1. The molecule has 144 valence electrons. The Morgan fingerprint density at radius 3 is 1.59 bits per heavy atom. The highest BCUT2D eigenvalue weighted by Gasteiger charge is 2.18. The van der Waals surface area contributed by atoms with Crippen molar-refractivity contribution in [2.45, 2.75) is 53.1 Å². The normalized spacial score (nSPS) is 13.6. The van der Waals surface area contributed by atoms with Crippen LogP contribution in [0.4, 0.5) is 0 Å². The van der Waals surface area contributed by atoms with E-state index in [1.54, 1.807) is 0 Å². The molecule has 2 aromatic rings. The van der Waals surface area contributed by atoms with E-state index in [4.69, 9.17) is 4.66 Å². The van der Waals surface area contributed by atoms with Gasteiger partial charge in [-0.05, 0) is 50.7 Å². The van der Waals surface area contributed by atoms with E-state index >= 15 is 0 Å². The van der Waals surface area contributed by atoms with E-state index in [9.17, 15) is 0 Å². The Hall–Kier alpha value is -1.92. The average molecular weight is 395 g/mol. The number of rotatable bonds is 6. The molecule has 1 N–H and O–H groups in total. The summed E-state index contributed by atoms with van der Waals surface area (Å²) in [5, 5.41) is 0. The lowest BCUT2D eigenvalue weighted by atomic mass is 10.0. The molecule has 0 atom stereocenters. The van der Waals surface area contributed by atoms with Crippen molar-refractivity contribution in [3.05, 3.63) is 76.9 Å². The lowest BCUT2D eigenvalue weighted by Gasteiger charge is -2.24. The van der Waals surface area contributed by atoms with Crippen LogP contribution in [0.1, 0.15) is 22.3 Å². The molecule has 0 radical (unpaired) electrons. The molecule has 0 heterocycles. The quantitative estimate of drug-likeness (QED) is 0.445. The van der Waals surface area contributed by atoms with Gasteiger partial charge in [0.25, 0.3) is 0 Å². The largest absolute Gasteiger partial charge is 0.410 e. The van der Waals surface area contributed by atoms with Gasteiger partial charge in [-0.15, -0.1) is 0 Å². The van der Waals surface area contributed by atoms with Gasteiger partial charge in [0, 0.05) is 5.70 Å². The van der Waals surface area contributed by atoms with Crippen LogP contribution in [0.2, 0.25) is 39.3 Å². The summed E-state index contributed by atoms with van der Waals surface area (Å²) in [6.07, 6.45) is 2.26. The van der Waals surface area contributed by atoms with Crippen LogP contribution in [0.25, 0.3) is 5.70 Å². The smallest absolute Gasteiger partial charge is 0.173 e. The standard InChI is InChI=1S/C23H34N2Si2/c1-18-9-13-20(14-10-18)22(24-26(3,4)5)17-23(25-27(6,7)8)21-15-11-19(2)12-16-21/h9-17,24H,1-8H3/b22-17-,25-23-. The van der Waals surface area contributed by atoms with Crippen LogP contribution in [0.15, 0.2) is 59.3 Å². The van der Waals surface area contributed by atoms with Crippen molar-refractivity contribution in [1.82, 2.24) is 4.98 Å². The van der Waals surface area contributed by atoms with Crippen LogP contribution in [-0.4, -0.2) is 22.2 Å². The fourth-order valence-corrected chi connectivity index (χ4v) is 4.67. The molecule has 0 fully saturated rings. The van der Waals surface area contributed by atoms with Gasteiger partial charge in [-0.1, -0.05) is 79.3 Å². The van der Waals surface area contributed by atoms with Crippen LogP contribution < -0.4 is 4.98 Å². The molecule has 0 aliphatic rings. The zero-order valence-electron chi connectivity index (χ0n) is 18.1. The fourth-order valence-electron chi connectivity index (χ4n) is 2.73. The molecule has 0 bridgehead atoms. The Morgan fingerprint density at radius 2 is 1.19 bits per heavy atom. The molecule has 2 aromatic carbocycles. The maximum atomic E-state index is 5.18. The monoisotopic (exact) mass is 394 g/mol. The third kappa shape index (κ3) is 7.31. The fraction of sp³-hybridized carbons (Fsp3) is 0.348. The molecule has 4 heteroatoms. The summed E-state index contributed by atoms with van der Waals surface area (Å²) in [6.45, 7) is 18.1. The molecule has 0 saturated carbocycles. The van der Waals surface area contributed by atoms with Gasteiger partial charge in [0.15, 0.2) is 8.24 Å². The summed E-state index contributed by atoms with van der Waals surface area (Å²) in [6, 6.07) is 17.5. The van der Waals surface area contributed by atoms with E-state index in [0.717, 1.165) is 5.71 Å². The van der Waals surface area contributed by atoms with Crippen molar-refractivity contribution < 1.29 is 0 Å². The highest BCUT2D eigenvalue weighted by molar-refractivity contribution is 6.76. The molecule has 2 rings (SSSR count). The Morgan fingerprint density at radius 1 is 0.741 bits per heavy atom. The summed E-state index contributed by atoms with van der Waals surface area (Å²) < 4.78 is 5.18. The minimum Gasteiger partial charge on any atom is -0.410 e. The summed E-state index contributed by atoms with van der Waals surface area (Å²) in [5.41, 5.74) is 7.21. The van der Waals surface area contributed by atoms with Gasteiger partial charge >= 0.3 is 0 Å². The zero-order chi connectivity index (χ0) is 20.2. The molecule has 0 aromatic heterocycles. The molecular formula is C23H34N2Si2. The van der Waals surface area contributed by atoms with Crippen LogP contribution in [0.3, 0.4) is 0 Å². The third-order valence-electron chi connectivity index (χ3n) is 3.96. The van der Waals surface area contributed by atoms with Crippen molar-refractivity contribution in [3.63, 3.8) is 0 Å². The molecular weight excluding hydrogens is 360 g/mol. The molecule has 0 spiro atoms. The average Bonchev–Trinajstić information content (AvgIpc) is 2.52. The maximum absolute atomic E-state index is 5.18. The maximum Gasteiger partial charge on any atom is 0.173 e. The number of hydrogen-bond acceptors (Lipinski definition) is 2. The first-order chi connectivity index (χ1) is 12.4. The number of allylic oxidation sites excluding steroid dienone is 1. The molecule has 0 saturated heterocycles. The molecule has 0 amide bonds. The predicted octanol–water partition coefficient (Wildman–Crippen LogP) is 6.39. The van der Waals surface area contributed by atoms with E-state index in [1.807, 2.05) is 0 Å². The predicted molar refractivity (Wildman–Crippen MR) is 127 cm³/mol. The Kier molecular flexibility index (Phi) is 6.65. The summed E-state index contributed by atoms with van der Waals surface area (Å²) >= 11 is 0. The van der Waals surface area contributed by atoms with E-state index in [-0.39, 0.29) is 0 Å². The lowest BCUT2D eigenvalue weighted by Crippen LogP contribution is -2.40. The number of benzene rings is 2. The number of aryl methyl sites for hydroxylation is 2. The van der Waals surface area contributed by atoms with E-state index in [2.05, 4.69) is 113 Å². The van der Waals surface area contributed by atoms with Crippen LogP contribution in [0.5, 0.6) is 0 Å². The van der Waals surface area contributed by atoms with Gasteiger partial charge < -0.3 is 9.64 Å². The first-order valence-corrected chi connectivity index (χ1v) is 16.6. The van der Waals surface area contributed by atoms with Crippen LogP contribution >= 0.6 is 0 Å². The van der Waals surface area contributed by atoms with Crippen LogP contribution in [0, 0.1) is 13.8 Å². The SMILES string of the molecule is Cc1ccc(/C(=C/C(=N/[Si](C)(C)C)c2ccc(C)cc2)N[Si](C)(C)C)cc1.